The molecule has 0 radical (unpaired) electrons. The van der Waals surface area contributed by atoms with Gasteiger partial charge in [-0.25, -0.2) is 4.79 Å². The molecule has 0 unspecified atom stereocenters. The Hall–Kier alpha value is -3.24. The molecule has 0 spiro atoms. The highest BCUT2D eigenvalue weighted by molar-refractivity contribution is 5.78. The molecule has 0 saturated carbocycles. The number of benzene rings is 2. The maximum atomic E-state index is 13.0. The molecule has 140 valence electrons. The van der Waals surface area contributed by atoms with E-state index in [0.717, 1.165) is 5.56 Å². The fraction of sp³-hybridized carbons (Fsp3) is 0.300. The first-order valence-corrected chi connectivity index (χ1v) is 8.50. The van der Waals surface area contributed by atoms with Crippen molar-refractivity contribution in [3.63, 3.8) is 0 Å². The van der Waals surface area contributed by atoms with Gasteiger partial charge in [-0.15, -0.1) is 0 Å². The van der Waals surface area contributed by atoms with Crippen molar-refractivity contribution in [3.05, 3.63) is 58.0 Å². The van der Waals surface area contributed by atoms with Crippen molar-refractivity contribution in [3.8, 4) is 17.6 Å². The molecule has 0 saturated heterocycles. The fourth-order valence-electron chi connectivity index (χ4n) is 3.17. The predicted octanol–water partition coefficient (Wildman–Crippen LogP) is 2.29. The number of rotatable bonds is 6. The SMILES string of the molecule is COc1ccc(Cn2c(=O)n([C@H](C)CO)c3ccc(C#N)cc32)cc1OC. The minimum Gasteiger partial charge on any atom is -0.493 e. The molecule has 7 nitrogen and oxygen atoms in total. The van der Waals surface area contributed by atoms with Gasteiger partial charge in [0.1, 0.15) is 0 Å². The van der Waals surface area contributed by atoms with Crippen LogP contribution in [-0.2, 0) is 6.54 Å². The van der Waals surface area contributed by atoms with Crippen molar-refractivity contribution in [1.29, 1.82) is 5.26 Å². The molecule has 0 aliphatic heterocycles. The molecule has 1 aromatic heterocycles. The third-order valence-corrected chi connectivity index (χ3v) is 4.59. The second-order valence-corrected chi connectivity index (χ2v) is 6.27. The number of aliphatic hydroxyl groups excluding tert-OH is 1. The standard InChI is InChI=1S/C20H21N3O4/c1-13(12-24)23-16-6-4-14(10-21)8-17(16)22(20(23)25)11-15-5-7-18(26-2)19(9-15)27-3/h4-9,13,24H,11-12H2,1-3H3/t13-/m1/s1. The Labute approximate surface area is 156 Å². The molecule has 2 aromatic carbocycles. The van der Waals surface area contributed by atoms with Crippen LogP contribution >= 0.6 is 0 Å². The minimum absolute atomic E-state index is 0.157. The van der Waals surface area contributed by atoms with Gasteiger partial charge < -0.3 is 14.6 Å². The van der Waals surface area contributed by atoms with Gasteiger partial charge in [0.15, 0.2) is 11.5 Å². The average molecular weight is 367 g/mol. The van der Waals surface area contributed by atoms with E-state index < -0.39 is 0 Å². The maximum absolute atomic E-state index is 13.0. The lowest BCUT2D eigenvalue weighted by Gasteiger charge is -2.10. The summed E-state index contributed by atoms with van der Waals surface area (Å²) in [4.78, 5) is 13.0. The van der Waals surface area contributed by atoms with Gasteiger partial charge in [-0.05, 0) is 42.8 Å². The topological polar surface area (TPSA) is 89.4 Å². The molecule has 0 aliphatic carbocycles. The van der Waals surface area contributed by atoms with Crippen LogP contribution in [-0.4, -0.2) is 35.1 Å². The lowest BCUT2D eigenvalue weighted by Crippen LogP contribution is -2.28. The lowest BCUT2D eigenvalue weighted by molar-refractivity contribution is 0.238. The zero-order valence-corrected chi connectivity index (χ0v) is 15.5. The zero-order chi connectivity index (χ0) is 19.6. The van der Waals surface area contributed by atoms with E-state index in [4.69, 9.17) is 9.47 Å². The highest BCUT2D eigenvalue weighted by Crippen LogP contribution is 2.28. The van der Waals surface area contributed by atoms with E-state index in [1.54, 1.807) is 54.5 Å². The third-order valence-electron chi connectivity index (χ3n) is 4.59. The number of aromatic nitrogens is 2. The van der Waals surface area contributed by atoms with Crippen LogP contribution in [0.15, 0.2) is 41.2 Å². The van der Waals surface area contributed by atoms with Gasteiger partial charge in [0.25, 0.3) is 0 Å². The summed E-state index contributed by atoms with van der Waals surface area (Å²) in [7, 11) is 3.12. The number of nitriles is 1. The summed E-state index contributed by atoms with van der Waals surface area (Å²) in [6.45, 7) is 1.92. The van der Waals surface area contributed by atoms with E-state index in [1.165, 1.54) is 0 Å². The molecule has 0 amide bonds. The summed E-state index contributed by atoms with van der Waals surface area (Å²) in [5.74, 6) is 1.19. The van der Waals surface area contributed by atoms with Crippen LogP contribution in [0.1, 0.15) is 24.1 Å². The molecule has 0 fully saturated rings. The number of fused-ring (bicyclic) bond motifs is 1. The second-order valence-electron chi connectivity index (χ2n) is 6.27. The van der Waals surface area contributed by atoms with Gasteiger partial charge >= 0.3 is 5.69 Å². The monoisotopic (exact) mass is 367 g/mol. The number of methoxy groups -OCH3 is 2. The Morgan fingerprint density at radius 3 is 2.48 bits per heavy atom. The molecule has 3 rings (SSSR count). The summed E-state index contributed by atoms with van der Waals surface area (Å²) in [5, 5.41) is 18.8. The van der Waals surface area contributed by atoms with Crippen molar-refractivity contribution >= 4 is 11.0 Å². The first-order chi connectivity index (χ1) is 13.0. The number of hydrogen-bond donors (Lipinski definition) is 1. The third kappa shape index (κ3) is 3.27. The van der Waals surface area contributed by atoms with E-state index in [0.29, 0.717) is 34.6 Å². The molecule has 1 heterocycles. The number of aliphatic hydroxyl groups is 1. The van der Waals surface area contributed by atoms with Gasteiger partial charge in [0.2, 0.25) is 0 Å². The number of nitrogens with zero attached hydrogens (tertiary/aromatic N) is 3. The zero-order valence-electron chi connectivity index (χ0n) is 15.5. The first kappa shape index (κ1) is 18.5. The summed E-state index contributed by atoms with van der Waals surface area (Å²) < 4.78 is 13.7. The molecule has 1 atom stereocenters. The van der Waals surface area contributed by atoms with Crippen LogP contribution in [0.3, 0.4) is 0 Å². The van der Waals surface area contributed by atoms with Crippen LogP contribution in [0.5, 0.6) is 11.5 Å². The molecule has 3 aromatic rings. The van der Waals surface area contributed by atoms with E-state index in [9.17, 15) is 15.2 Å². The minimum atomic E-state index is -0.375. The number of imidazole rings is 1. The quantitative estimate of drug-likeness (QED) is 0.722. The van der Waals surface area contributed by atoms with Gasteiger partial charge in [-0.3, -0.25) is 9.13 Å². The van der Waals surface area contributed by atoms with E-state index in [2.05, 4.69) is 6.07 Å². The number of ether oxygens (including phenoxy) is 2. The van der Waals surface area contributed by atoms with Crippen molar-refractivity contribution < 1.29 is 14.6 Å². The first-order valence-electron chi connectivity index (χ1n) is 8.50. The van der Waals surface area contributed by atoms with Gasteiger partial charge in [0, 0.05) is 0 Å². The van der Waals surface area contributed by atoms with Crippen molar-refractivity contribution in [2.24, 2.45) is 0 Å². The largest absolute Gasteiger partial charge is 0.493 e. The van der Waals surface area contributed by atoms with Crippen molar-refractivity contribution in [1.82, 2.24) is 9.13 Å². The molecule has 27 heavy (non-hydrogen) atoms. The van der Waals surface area contributed by atoms with Crippen LogP contribution in [0.2, 0.25) is 0 Å². The fourth-order valence-corrected chi connectivity index (χ4v) is 3.17. The Morgan fingerprint density at radius 2 is 1.85 bits per heavy atom. The highest BCUT2D eigenvalue weighted by atomic mass is 16.5. The van der Waals surface area contributed by atoms with E-state index in [1.807, 2.05) is 12.1 Å². The van der Waals surface area contributed by atoms with Gasteiger partial charge in [0.05, 0.1) is 56.1 Å². The van der Waals surface area contributed by atoms with Crippen LogP contribution < -0.4 is 15.2 Å². The summed E-state index contributed by atoms with van der Waals surface area (Å²) >= 11 is 0. The Morgan fingerprint density at radius 1 is 1.11 bits per heavy atom. The summed E-state index contributed by atoms with van der Waals surface area (Å²) in [6, 6.07) is 12.3. The lowest BCUT2D eigenvalue weighted by atomic mass is 10.2. The molecule has 0 aliphatic rings. The Kier molecular flexibility index (Phi) is 5.19. The van der Waals surface area contributed by atoms with Gasteiger partial charge in [-0.2, -0.15) is 5.26 Å². The van der Waals surface area contributed by atoms with Crippen LogP contribution in [0, 0.1) is 11.3 Å². The normalized spacial score (nSPS) is 12.0. The summed E-state index contributed by atoms with van der Waals surface area (Å²) in [6.07, 6.45) is 0. The van der Waals surface area contributed by atoms with Crippen molar-refractivity contribution in [2.75, 3.05) is 20.8 Å². The molecule has 1 N–H and O–H groups in total. The Bertz CT molecular complexity index is 1080. The smallest absolute Gasteiger partial charge is 0.329 e. The second kappa shape index (κ2) is 7.56. The molecule has 0 bridgehead atoms. The highest BCUT2D eigenvalue weighted by Gasteiger charge is 2.18. The Balaban J connectivity index is 2.18. The maximum Gasteiger partial charge on any atom is 0.329 e. The summed E-state index contributed by atoms with van der Waals surface area (Å²) in [5.41, 5.74) is 2.41. The average Bonchev–Trinajstić information content (AvgIpc) is 2.98. The number of hydrogen-bond acceptors (Lipinski definition) is 5. The molecular weight excluding hydrogens is 346 g/mol. The van der Waals surface area contributed by atoms with Crippen molar-refractivity contribution in [2.45, 2.75) is 19.5 Å². The van der Waals surface area contributed by atoms with E-state index >= 15 is 0 Å². The van der Waals surface area contributed by atoms with E-state index in [-0.39, 0.29) is 18.3 Å². The molecular formula is C20H21N3O4. The predicted molar refractivity (Wildman–Crippen MR) is 101 cm³/mol. The van der Waals surface area contributed by atoms with Crippen LogP contribution in [0.25, 0.3) is 11.0 Å². The van der Waals surface area contributed by atoms with Crippen LogP contribution in [0.4, 0.5) is 0 Å². The van der Waals surface area contributed by atoms with Gasteiger partial charge in [-0.1, -0.05) is 6.07 Å². The molecule has 7 heteroatoms.